The zero-order chi connectivity index (χ0) is 17.9. The van der Waals surface area contributed by atoms with Crippen molar-refractivity contribution in [2.45, 2.75) is 39.5 Å². The zero-order valence-electron chi connectivity index (χ0n) is 15.1. The van der Waals surface area contributed by atoms with Crippen LogP contribution in [-0.4, -0.2) is 64.7 Å². The Bertz CT molecular complexity index is 286. The van der Waals surface area contributed by atoms with E-state index >= 15 is 0 Å². The number of carbonyl (C=O) groups is 2. The standard InChI is InChI=1S/C16H34N4O4/c1-3-5-7-17-15(21)19-9-11-23-13-14-24-12-10-20-16(22)18-8-6-4-2/h3-14H2,1-2H3,(H2,17,19,21)(H2,18,20,22). The zero-order valence-corrected chi connectivity index (χ0v) is 15.1. The lowest BCUT2D eigenvalue weighted by Crippen LogP contribution is -2.38. The minimum Gasteiger partial charge on any atom is -0.377 e. The highest BCUT2D eigenvalue weighted by molar-refractivity contribution is 5.74. The van der Waals surface area contributed by atoms with Crippen molar-refractivity contribution in [3.05, 3.63) is 0 Å². The molecule has 4 N–H and O–H groups in total. The first kappa shape index (κ1) is 22.5. The van der Waals surface area contributed by atoms with Crippen molar-refractivity contribution in [3.8, 4) is 0 Å². The molecule has 0 fully saturated rings. The van der Waals surface area contributed by atoms with Gasteiger partial charge in [0.15, 0.2) is 0 Å². The maximum atomic E-state index is 11.3. The monoisotopic (exact) mass is 346 g/mol. The number of hydrogen-bond donors (Lipinski definition) is 4. The fourth-order valence-corrected chi connectivity index (χ4v) is 1.68. The Balaban J connectivity index is 3.20. The Morgan fingerprint density at radius 2 is 1.00 bits per heavy atom. The van der Waals surface area contributed by atoms with Crippen molar-refractivity contribution in [2.24, 2.45) is 0 Å². The van der Waals surface area contributed by atoms with Gasteiger partial charge >= 0.3 is 12.1 Å². The van der Waals surface area contributed by atoms with Crippen molar-refractivity contribution >= 4 is 12.1 Å². The highest BCUT2D eigenvalue weighted by atomic mass is 16.5. The first-order chi connectivity index (χ1) is 11.7. The highest BCUT2D eigenvalue weighted by Gasteiger charge is 1.99. The van der Waals surface area contributed by atoms with Crippen LogP contribution < -0.4 is 21.3 Å². The topological polar surface area (TPSA) is 101 Å². The van der Waals surface area contributed by atoms with Crippen molar-refractivity contribution in [1.29, 1.82) is 0 Å². The molecule has 0 aromatic rings. The van der Waals surface area contributed by atoms with E-state index in [0.717, 1.165) is 25.7 Å². The lowest BCUT2D eigenvalue weighted by atomic mass is 10.3. The number of rotatable bonds is 15. The third kappa shape index (κ3) is 16.8. The second-order valence-electron chi connectivity index (χ2n) is 5.30. The molecule has 0 heterocycles. The average molecular weight is 346 g/mol. The smallest absolute Gasteiger partial charge is 0.314 e. The number of carbonyl (C=O) groups excluding carboxylic acids is 2. The molecule has 0 saturated heterocycles. The van der Waals surface area contributed by atoms with E-state index in [-0.39, 0.29) is 12.1 Å². The van der Waals surface area contributed by atoms with Crippen molar-refractivity contribution in [1.82, 2.24) is 21.3 Å². The first-order valence-electron chi connectivity index (χ1n) is 8.89. The molecule has 0 aliphatic heterocycles. The third-order valence-electron chi connectivity index (χ3n) is 3.07. The molecule has 0 radical (unpaired) electrons. The fourth-order valence-electron chi connectivity index (χ4n) is 1.68. The minimum atomic E-state index is -0.161. The summed E-state index contributed by atoms with van der Waals surface area (Å²) in [4.78, 5) is 22.6. The van der Waals surface area contributed by atoms with Gasteiger partial charge in [-0.05, 0) is 12.8 Å². The largest absolute Gasteiger partial charge is 0.377 e. The summed E-state index contributed by atoms with van der Waals surface area (Å²) in [6.45, 7) is 8.30. The highest BCUT2D eigenvalue weighted by Crippen LogP contribution is 1.83. The molecule has 8 nitrogen and oxygen atoms in total. The Labute approximate surface area is 145 Å². The summed E-state index contributed by atoms with van der Waals surface area (Å²) in [6, 6.07) is -0.321. The van der Waals surface area contributed by atoms with E-state index in [2.05, 4.69) is 35.1 Å². The molecule has 0 aromatic heterocycles. The minimum absolute atomic E-state index is 0.161. The second kappa shape index (κ2) is 17.8. The molecule has 24 heavy (non-hydrogen) atoms. The SMILES string of the molecule is CCCCNC(=O)NCCOCCOCCNC(=O)NCCCC. The predicted octanol–water partition coefficient (Wildman–Crippen LogP) is 1.22. The van der Waals surface area contributed by atoms with Crippen LogP contribution in [0, 0.1) is 0 Å². The van der Waals surface area contributed by atoms with Gasteiger partial charge in [-0.3, -0.25) is 0 Å². The Kier molecular flexibility index (Phi) is 16.7. The quantitative estimate of drug-likeness (QED) is 0.335. The van der Waals surface area contributed by atoms with Gasteiger partial charge in [0.25, 0.3) is 0 Å². The summed E-state index contributed by atoms with van der Waals surface area (Å²) in [5, 5.41) is 11.0. The van der Waals surface area contributed by atoms with Gasteiger partial charge in [-0.1, -0.05) is 26.7 Å². The van der Waals surface area contributed by atoms with Crippen LogP contribution in [0.4, 0.5) is 9.59 Å². The lowest BCUT2D eigenvalue weighted by Gasteiger charge is -2.09. The molecule has 0 atom stereocenters. The summed E-state index contributed by atoms with van der Waals surface area (Å²) in [7, 11) is 0. The Morgan fingerprint density at radius 3 is 1.38 bits per heavy atom. The van der Waals surface area contributed by atoms with Crippen LogP contribution in [-0.2, 0) is 9.47 Å². The van der Waals surface area contributed by atoms with E-state index in [9.17, 15) is 9.59 Å². The molecular weight excluding hydrogens is 312 g/mol. The molecule has 142 valence electrons. The maximum absolute atomic E-state index is 11.3. The van der Waals surface area contributed by atoms with Crippen molar-refractivity contribution < 1.29 is 19.1 Å². The van der Waals surface area contributed by atoms with Gasteiger partial charge in [0, 0.05) is 26.2 Å². The van der Waals surface area contributed by atoms with E-state index in [0.29, 0.717) is 52.6 Å². The van der Waals surface area contributed by atoms with Gasteiger partial charge in [0.1, 0.15) is 0 Å². The van der Waals surface area contributed by atoms with Gasteiger partial charge in [0.2, 0.25) is 0 Å². The van der Waals surface area contributed by atoms with Gasteiger partial charge in [0.05, 0.1) is 26.4 Å². The van der Waals surface area contributed by atoms with E-state index < -0.39 is 0 Å². The van der Waals surface area contributed by atoms with Crippen molar-refractivity contribution in [2.75, 3.05) is 52.6 Å². The Hall–Kier alpha value is -1.54. The summed E-state index contributed by atoms with van der Waals surface area (Å²) in [5.74, 6) is 0. The van der Waals surface area contributed by atoms with Gasteiger partial charge < -0.3 is 30.7 Å². The molecule has 0 rings (SSSR count). The molecule has 0 spiro atoms. The summed E-state index contributed by atoms with van der Waals surface area (Å²) in [5.41, 5.74) is 0. The Morgan fingerprint density at radius 1 is 0.625 bits per heavy atom. The van der Waals surface area contributed by atoms with Crippen LogP contribution in [0.5, 0.6) is 0 Å². The third-order valence-corrected chi connectivity index (χ3v) is 3.07. The summed E-state index contributed by atoms with van der Waals surface area (Å²) < 4.78 is 10.7. The maximum Gasteiger partial charge on any atom is 0.314 e. The van der Waals surface area contributed by atoms with Crippen LogP contribution in [0.3, 0.4) is 0 Å². The summed E-state index contributed by atoms with van der Waals surface area (Å²) >= 11 is 0. The van der Waals surface area contributed by atoms with Crippen LogP contribution in [0.2, 0.25) is 0 Å². The number of hydrogen-bond acceptors (Lipinski definition) is 4. The van der Waals surface area contributed by atoms with E-state index in [4.69, 9.17) is 9.47 Å². The van der Waals surface area contributed by atoms with E-state index in [1.165, 1.54) is 0 Å². The normalized spacial score (nSPS) is 10.2. The number of unbranched alkanes of at least 4 members (excludes halogenated alkanes) is 2. The molecule has 0 saturated carbocycles. The lowest BCUT2D eigenvalue weighted by molar-refractivity contribution is 0.0510. The number of amides is 4. The molecule has 0 aliphatic rings. The number of nitrogens with one attached hydrogen (secondary N) is 4. The second-order valence-corrected chi connectivity index (χ2v) is 5.30. The molecule has 0 aromatic carbocycles. The molecule has 4 amide bonds. The van der Waals surface area contributed by atoms with Crippen LogP contribution in [0.1, 0.15) is 39.5 Å². The number of urea groups is 2. The first-order valence-corrected chi connectivity index (χ1v) is 8.89. The number of ether oxygens (including phenoxy) is 2. The predicted molar refractivity (Wildman–Crippen MR) is 94.3 cm³/mol. The van der Waals surface area contributed by atoms with Gasteiger partial charge in [-0.2, -0.15) is 0 Å². The van der Waals surface area contributed by atoms with Crippen LogP contribution >= 0.6 is 0 Å². The molecule has 0 aliphatic carbocycles. The van der Waals surface area contributed by atoms with Crippen LogP contribution in [0.25, 0.3) is 0 Å². The average Bonchev–Trinajstić information content (AvgIpc) is 2.57. The fraction of sp³-hybridized carbons (Fsp3) is 0.875. The van der Waals surface area contributed by atoms with E-state index in [1.807, 2.05) is 0 Å². The molecule has 0 bridgehead atoms. The summed E-state index contributed by atoms with van der Waals surface area (Å²) in [6.07, 6.45) is 4.08. The molecular formula is C16H34N4O4. The van der Waals surface area contributed by atoms with Gasteiger partial charge in [-0.25, -0.2) is 9.59 Å². The molecule has 0 unspecified atom stereocenters. The van der Waals surface area contributed by atoms with Gasteiger partial charge in [-0.15, -0.1) is 0 Å². The van der Waals surface area contributed by atoms with Crippen LogP contribution in [0.15, 0.2) is 0 Å². The van der Waals surface area contributed by atoms with E-state index in [1.54, 1.807) is 0 Å². The van der Waals surface area contributed by atoms with Crippen molar-refractivity contribution in [3.63, 3.8) is 0 Å². The molecule has 8 heteroatoms.